The van der Waals surface area contributed by atoms with Crippen molar-refractivity contribution in [1.82, 2.24) is 0 Å². The molecule has 2 aromatic carbocycles. The van der Waals surface area contributed by atoms with Gasteiger partial charge >= 0.3 is 5.97 Å². The van der Waals surface area contributed by atoms with Crippen LogP contribution in [-0.2, 0) is 6.42 Å². The van der Waals surface area contributed by atoms with Gasteiger partial charge in [0.15, 0.2) is 0 Å². The summed E-state index contributed by atoms with van der Waals surface area (Å²) in [5.74, 6) is -0.0250. The number of anilines is 1. The van der Waals surface area contributed by atoms with Crippen LogP contribution in [0.25, 0.3) is 0 Å². The molecule has 0 aromatic heterocycles. The maximum absolute atomic E-state index is 10.8. The van der Waals surface area contributed by atoms with Gasteiger partial charge in [0.2, 0.25) is 0 Å². The van der Waals surface area contributed by atoms with E-state index in [4.69, 9.17) is 20.7 Å². The highest BCUT2D eigenvalue weighted by atomic mass is 16.5. The third-order valence-corrected chi connectivity index (χ3v) is 2.81. The van der Waals surface area contributed by atoms with Crippen LogP contribution in [0.2, 0.25) is 0 Å². The van der Waals surface area contributed by atoms with Gasteiger partial charge in [-0.05, 0) is 42.3 Å². The molecule has 0 bridgehead atoms. The monoisotopic (exact) mass is 273 g/mol. The maximum Gasteiger partial charge on any atom is 0.335 e. The summed E-state index contributed by atoms with van der Waals surface area (Å²) in [5, 5.41) is 17.7. The minimum atomic E-state index is -1.03. The fraction of sp³-hybridized carbons (Fsp3) is 0.133. The predicted octanol–water partition coefficient (Wildman–Crippen LogP) is 2.29. The molecule has 0 atom stereocenters. The number of carboxylic acids is 1. The molecule has 0 spiro atoms. The lowest BCUT2D eigenvalue weighted by Gasteiger charge is -2.09. The van der Waals surface area contributed by atoms with Gasteiger partial charge in [-0.15, -0.1) is 0 Å². The Morgan fingerprint density at radius 2 is 1.85 bits per heavy atom. The fourth-order valence-corrected chi connectivity index (χ4v) is 1.75. The molecule has 4 N–H and O–H groups in total. The standard InChI is InChI=1S/C15H15NO4/c16-13-9-11(15(18)19)3-6-14(13)20-12-4-1-10(2-5-12)7-8-17/h1-6,9,17H,7-8,16H2,(H,18,19). The molecule has 0 heterocycles. The fourth-order valence-electron chi connectivity index (χ4n) is 1.75. The van der Waals surface area contributed by atoms with Gasteiger partial charge in [-0.3, -0.25) is 0 Å². The summed E-state index contributed by atoms with van der Waals surface area (Å²) in [7, 11) is 0. The van der Waals surface area contributed by atoms with Crippen molar-refractivity contribution in [3.8, 4) is 11.5 Å². The van der Waals surface area contributed by atoms with E-state index < -0.39 is 5.97 Å². The van der Waals surface area contributed by atoms with E-state index in [0.29, 0.717) is 17.9 Å². The van der Waals surface area contributed by atoms with Crippen molar-refractivity contribution in [2.24, 2.45) is 0 Å². The summed E-state index contributed by atoms with van der Waals surface area (Å²) in [6.07, 6.45) is 0.593. The van der Waals surface area contributed by atoms with Crippen LogP contribution in [0.1, 0.15) is 15.9 Å². The van der Waals surface area contributed by atoms with Gasteiger partial charge in [0.25, 0.3) is 0 Å². The second-order valence-corrected chi connectivity index (χ2v) is 4.28. The molecule has 0 aliphatic heterocycles. The Hall–Kier alpha value is -2.53. The summed E-state index contributed by atoms with van der Waals surface area (Å²) in [4.78, 5) is 10.8. The number of carboxylic acid groups (broad SMARTS) is 1. The molecule has 0 amide bonds. The number of nitrogens with two attached hydrogens (primary N) is 1. The molecule has 2 rings (SSSR count). The smallest absolute Gasteiger partial charge is 0.335 e. The molecule has 0 unspecified atom stereocenters. The number of rotatable bonds is 5. The first kappa shape index (κ1) is 13.9. The largest absolute Gasteiger partial charge is 0.478 e. The molecule has 0 aliphatic carbocycles. The number of benzene rings is 2. The van der Waals surface area contributed by atoms with Crippen molar-refractivity contribution in [1.29, 1.82) is 0 Å². The van der Waals surface area contributed by atoms with Gasteiger partial charge < -0.3 is 20.7 Å². The highest BCUT2D eigenvalue weighted by molar-refractivity contribution is 5.89. The first-order valence-corrected chi connectivity index (χ1v) is 6.10. The SMILES string of the molecule is Nc1cc(C(=O)O)ccc1Oc1ccc(CCO)cc1. The van der Waals surface area contributed by atoms with Crippen LogP contribution in [-0.4, -0.2) is 22.8 Å². The van der Waals surface area contributed by atoms with Crippen LogP contribution in [0.3, 0.4) is 0 Å². The van der Waals surface area contributed by atoms with Crippen LogP contribution in [0.5, 0.6) is 11.5 Å². The Kier molecular flexibility index (Phi) is 4.22. The average molecular weight is 273 g/mol. The van der Waals surface area contributed by atoms with E-state index in [-0.39, 0.29) is 17.9 Å². The molecule has 0 radical (unpaired) electrons. The number of aromatic carboxylic acids is 1. The molecule has 0 aliphatic rings. The Bertz CT molecular complexity index is 608. The van der Waals surface area contributed by atoms with Crippen LogP contribution < -0.4 is 10.5 Å². The van der Waals surface area contributed by atoms with E-state index in [1.807, 2.05) is 12.1 Å². The van der Waals surface area contributed by atoms with Gasteiger partial charge in [-0.25, -0.2) is 4.79 Å². The molecule has 0 saturated carbocycles. The molecular weight excluding hydrogens is 258 g/mol. The minimum absolute atomic E-state index is 0.101. The Morgan fingerprint density at radius 3 is 2.40 bits per heavy atom. The van der Waals surface area contributed by atoms with Crippen molar-refractivity contribution in [2.45, 2.75) is 6.42 Å². The van der Waals surface area contributed by atoms with Crippen LogP contribution in [0.15, 0.2) is 42.5 Å². The second-order valence-electron chi connectivity index (χ2n) is 4.28. The third-order valence-electron chi connectivity index (χ3n) is 2.81. The number of hydrogen-bond donors (Lipinski definition) is 3. The Morgan fingerprint density at radius 1 is 1.15 bits per heavy atom. The molecule has 0 fully saturated rings. The minimum Gasteiger partial charge on any atom is -0.478 e. The first-order chi connectivity index (χ1) is 9.60. The van der Waals surface area contributed by atoms with E-state index in [0.717, 1.165) is 5.56 Å². The molecule has 5 heteroatoms. The van der Waals surface area contributed by atoms with Gasteiger partial charge in [-0.2, -0.15) is 0 Å². The van der Waals surface area contributed by atoms with E-state index in [1.165, 1.54) is 18.2 Å². The van der Waals surface area contributed by atoms with Crippen LogP contribution >= 0.6 is 0 Å². The van der Waals surface area contributed by atoms with E-state index in [9.17, 15) is 4.79 Å². The van der Waals surface area contributed by atoms with Crippen molar-refractivity contribution in [3.05, 3.63) is 53.6 Å². The maximum atomic E-state index is 10.8. The highest BCUT2D eigenvalue weighted by Gasteiger charge is 2.08. The lowest BCUT2D eigenvalue weighted by atomic mass is 10.1. The number of aliphatic hydroxyl groups is 1. The van der Waals surface area contributed by atoms with Crippen LogP contribution in [0.4, 0.5) is 5.69 Å². The van der Waals surface area contributed by atoms with Gasteiger partial charge in [0.05, 0.1) is 11.3 Å². The quantitative estimate of drug-likeness (QED) is 0.727. The number of ether oxygens (including phenoxy) is 1. The molecule has 5 nitrogen and oxygen atoms in total. The highest BCUT2D eigenvalue weighted by Crippen LogP contribution is 2.28. The molecule has 0 saturated heterocycles. The Balaban J connectivity index is 2.15. The molecule has 20 heavy (non-hydrogen) atoms. The summed E-state index contributed by atoms with van der Waals surface area (Å²) in [5.41, 5.74) is 7.16. The zero-order valence-electron chi connectivity index (χ0n) is 10.7. The van der Waals surface area contributed by atoms with E-state index >= 15 is 0 Å². The molecule has 104 valence electrons. The van der Waals surface area contributed by atoms with Crippen molar-refractivity contribution < 1.29 is 19.7 Å². The number of carbonyl (C=O) groups is 1. The number of hydrogen-bond acceptors (Lipinski definition) is 4. The zero-order chi connectivity index (χ0) is 14.5. The van der Waals surface area contributed by atoms with Crippen molar-refractivity contribution in [3.63, 3.8) is 0 Å². The summed E-state index contributed by atoms with van der Waals surface area (Å²) in [6, 6.07) is 11.6. The summed E-state index contributed by atoms with van der Waals surface area (Å²) < 4.78 is 5.60. The number of nitrogen functional groups attached to an aromatic ring is 1. The van der Waals surface area contributed by atoms with Crippen molar-refractivity contribution in [2.75, 3.05) is 12.3 Å². The summed E-state index contributed by atoms with van der Waals surface area (Å²) >= 11 is 0. The van der Waals surface area contributed by atoms with Gasteiger partial charge in [0.1, 0.15) is 11.5 Å². The summed E-state index contributed by atoms with van der Waals surface area (Å²) in [6.45, 7) is 0.101. The lowest BCUT2D eigenvalue weighted by molar-refractivity contribution is 0.0697. The predicted molar refractivity (Wildman–Crippen MR) is 75.1 cm³/mol. The van der Waals surface area contributed by atoms with E-state index in [2.05, 4.69) is 0 Å². The van der Waals surface area contributed by atoms with Crippen molar-refractivity contribution >= 4 is 11.7 Å². The zero-order valence-corrected chi connectivity index (χ0v) is 10.7. The van der Waals surface area contributed by atoms with Crippen LogP contribution in [0, 0.1) is 0 Å². The van der Waals surface area contributed by atoms with Gasteiger partial charge in [-0.1, -0.05) is 12.1 Å². The van der Waals surface area contributed by atoms with Gasteiger partial charge in [0, 0.05) is 6.61 Å². The molecular formula is C15H15NO4. The normalized spacial score (nSPS) is 10.2. The Labute approximate surface area is 116 Å². The topological polar surface area (TPSA) is 92.8 Å². The molecule has 2 aromatic rings. The lowest BCUT2D eigenvalue weighted by Crippen LogP contribution is -1.99. The average Bonchev–Trinajstić information content (AvgIpc) is 2.43. The van der Waals surface area contributed by atoms with E-state index in [1.54, 1.807) is 12.1 Å². The first-order valence-electron chi connectivity index (χ1n) is 6.10. The second kappa shape index (κ2) is 6.08. The number of aliphatic hydroxyl groups excluding tert-OH is 1. The third kappa shape index (κ3) is 3.27.